The van der Waals surface area contributed by atoms with Crippen LogP contribution in [-0.4, -0.2) is 37.1 Å². The van der Waals surface area contributed by atoms with Gasteiger partial charge in [-0.2, -0.15) is 0 Å². The lowest BCUT2D eigenvalue weighted by atomic mass is 10.1. The summed E-state index contributed by atoms with van der Waals surface area (Å²) in [6, 6.07) is 9.11. The molecule has 0 aliphatic rings. The van der Waals surface area contributed by atoms with Crippen LogP contribution in [0.3, 0.4) is 0 Å². The van der Waals surface area contributed by atoms with Crippen molar-refractivity contribution in [1.29, 1.82) is 0 Å². The second-order valence-corrected chi connectivity index (χ2v) is 4.59. The molecular weight excluding hydrogens is 268 g/mol. The summed E-state index contributed by atoms with van der Waals surface area (Å²) in [5, 5.41) is 0. The molecule has 0 radical (unpaired) electrons. The van der Waals surface area contributed by atoms with Gasteiger partial charge in [-0.15, -0.1) is 0 Å². The summed E-state index contributed by atoms with van der Waals surface area (Å²) in [7, 11) is 4.94. The van der Waals surface area contributed by atoms with E-state index in [1.807, 2.05) is 18.2 Å². The van der Waals surface area contributed by atoms with Gasteiger partial charge in [-0.05, 0) is 29.8 Å². The monoisotopic (exact) mass is 286 g/mol. The first-order valence-electron chi connectivity index (χ1n) is 6.52. The lowest BCUT2D eigenvalue weighted by molar-refractivity contribution is 0.0784. The molecule has 21 heavy (non-hydrogen) atoms. The molecule has 1 amide bonds. The van der Waals surface area contributed by atoms with Crippen LogP contribution in [0.15, 0.2) is 42.7 Å². The molecule has 1 aromatic heterocycles. The number of aromatic nitrogens is 1. The van der Waals surface area contributed by atoms with Crippen molar-refractivity contribution in [3.8, 4) is 11.5 Å². The Kier molecular flexibility index (Phi) is 4.77. The Morgan fingerprint density at radius 2 is 1.95 bits per heavy atom. The topological polar surface area (TPSA) is 51.7 Å². The maximum atomic E-state index is 12.3. The third-order valence-electron chi connectivity index (χ3n) is 3.12. The van der Waals surface area contributed by atoms with Gasteiger partial charge in [-0.25, -0.2) is 0 Å². The van der Waals surface area contributed by atoms with Crippen LogP contribution in [0.1, 0.15) is 15.9 Å². The molecule has 0 saturated heterocycles. The van der Waals surface area contributed by atoms with E-state index >= 15 is 0 Å². The van der Waals surface area contributed by atoms with Gasteiger partial charge in [0.15, 0.2) is 11.5 Å². The number of methoxy groups -OCH3 is 2. The first-order valence-corrected chi connectivity index (χ1v) is 6.52. The SMILES string of the molecule is COc1ccc(CN(C)C(=O)c2cccnc2)cc1OC. The van der Waals surface area contributed by atoms with E-state index in [2.05, 4.69) is 4.98 Å². The Morgan fingerprint density at radius 1 is 1.19 bits per heavy atom. The number of pyridine rings is 1. The Morgan fingerprint density at radius 3 is 2.57 bits per heavy atom. The van der Waals surface area contributed by atoms with Crippen molar-refractivity contribution in [2.45, 2.75) is 6.54 Å². The van der Waals surface area contributed by atoms with Gasteiger partial charge >= 0.3 is 0 Å². The summed E-state index contributed by atoms with van der Waals surface area (Å²) in [5.74, 6) is 1.25. The van der Waals surface area contributed by atoms with Gasteiger partial charge in [0.05, 0.1) is 19.8 Å². The molecule has 0 saturated carbocycles. The quantitative estimate of drug-likeness (QED) is 0.846. The molecule has 1 heterocycles. The smallest absolute Gasteiger partial charge is 0.255 e. The van der Waals surface area contributed by atoms with Gasteiger partial charge in [-0.3, -0.25) is 9.78 Å². The summed E-state index contributed by atoms with van der Waals surface area (Å²) in [6.45, 7) is 0.480. The van der Waals surface area contributed by atoms with Crippen molar-refractivity contribution in [3.63, 3.8) is 0 Å². The van der Waals surface area contributed by atoms with Gasteiger partial charge in [0, 0.05) is 26.0 Å². The molecule has 0 bridgehead atoms. The van der Waals surface area contributed by atoms with E-state index in [1.165, 1.54) is 0 Å². The predicted octanol–water partition coefficient (Wildman–Crippen LogP) is 2.37. The number of benzene rings is 1. The Balaban J connectivity index is 2.12. The molecule has 0 N–H and O–H groups in total. The number of rotatable bonds is 5. The number of carbonyl (C=O) groups excluding carboxylic acids is 1. The number of ether oxygens (including phenoxy) is 2. The lowest BCUT2D eigenvalue weighted by Crippen LogP contribution is -2.26. The molecule has 5 heteroatoms. The van der Waals surface area contributed by atoms with Gasteiger partial charge < -0.3 is 14.4 Å². The second-order valence-electron chi connectivity index (χ2n) is 4.59. The number of amides is 1. The van der Waals surface area contributed by atoms with Crippen molar-refractivity contribution in [2.24, 2.45) is 0 Å². The van der Waals surface area contributed by atoms with Crippen molar-refractivity contribution >= 4 is 5.91 Å². The van der Waals surface area contributed by atoms with E-state index in [9.17, 15) is 4.79 Å². The van der Waals surface area contributed by atoms with Gasteiger partial charge in [0.25, 0.3) is 5.91 Å². The number of carbonyl (C=O) groups is 1. The molecular formula is C16H18N2O3. The summed E-state index contributed by atoms with van der Waals surface area (Å²) >= 11 is 0. The summed E-state index contributed by atoms with van der Waals surface area (Å²) < 4.78 is 10.5. The molecule has 2 aromatic rings. The Hall–Kier alpha value is -2.56. The summed E-state index contributed by atoms with van der Waals surface area (Å²) in [6.07, 6.45) is 3.21. The largest absolute Gasteiger partial charge is 0.493 e. The molecule has 0 unspecified atom stereocenters. The van der Waals surface area contributed by atoms with E-state index in [1.54, 1.807) is 50.7 Å². The highest BCUT2D eigenvalue weighted by atomic mass is 16.5. The van der Waals surface area contributed by atoms with Crippen LogP contribution in [-0.2, 0) is 6.54 Å². The third kappa shape index (κ3) is 3.51. The van der Waals surface area contributed by atoms with Crippen LogP contribution in [0.2, 0.25) is 0 Å². The average molecular weight is 286 g/mol. The minimum atomic E-state index is -0.0714. The highest BCUT2D eigenvalue weighted by molar-refractivity contribution is 5.93. The summed E-state index contributed by atoms with van der Waals surface area (Å²) in [5.41, 5.74) is 1.54. The third-order valence-corrected chi connectivity index (χ3v) is 3.12. The minimum absolute atomic E-state index is 0.0714. The number of hydrogen-bond acceptors (Lipinski definition) is 4. The van der Waals surface area contributed by atoms with E-state index in [4.69, 9.17) is 9.47 Å². The maximum absolute atomic E-state index is 12.3. The maximum Gasteiger partial charge on any atom is 0.255 e. The molecule has 2 rings (SSSR count). The van der Waals surface area contributed by atoms with Gasteiger partial charge in [0.1, 0.15) is 0 Å². The normalized spacial score (nSPS) is 10.0. The van der Waals surface area contributed by atoms with Crippen molar-refractivity contribution in [2.75, 3.05) is 21.3 Å². The number of nitrogens with zero attached hydrogens (tertiary/aromatic N) is 2. The molecule has 0 fully saturated rings. The highest BCUT2D eigenvalue weighted by Crippen LogP contribution is 2.28. The van der Waals surface area contributed by atoms with Gasteiger partial charge in [0.2, 0.25) is 0 Å². The standard InChI is InChI=1S/C16H18N2O3/c1-18(16(19)13-5-4-8-17-10-13)11-12-6-7-14(20-2)15(9-12)21-3/h4-10H,11H2,1-3H3. The fourth-order valence-electron chi connectivity index (χ4n) is 2.03. The van der Waals surface area contributed by atoms with E-state index < -0.39 is 0 Å². The molecule has 110 valence electrons. The minimum Gasteiger partial charge on any atom is -0.493 e. The van der Waals surface area contributed by atoms with Crippen LogP contribution in [0.25, 0.3) is 0 Å². The Labute approximate surface area is 124 Å². The van der Waals surface area contributed by atoms with E-state index in [0.717, 1.165) is 5.56 Å². The average Bonchev–Trinajstić information content (AvgIpc) is 2.54. The second kappa shape index (κ2) is 6.74. The van der Waals surface area contributed by atoms with Crippen molar-refractivity contribution in [3.05, 3.63) is 53.9 Å². The zero-order valence-electron chi connectivity index (χ0n) is 12.4. The first-order chi connectivity index (χ1) is 10.2. The van der Waals surface area contributed by atoms with Gasteiger partial charge in [-0.1, -0.05) is 6.07 Å². The summed E-state index contributed by atoms with van der Waals surface area (Å²) in [4.78, 5) is 17.9. The van der Waals surface area contributed by atoms with Crippen LogP contribution in [0.4, 0.5) is 0 Å². The van der Waals surface area contributed by atoms with E-state index in [0.29, 0.717) is 23.6 Å². The van der Waals surface area contributed by atoms with E-state index in [-0.39, 0.29) is 5.91 Å². The zero-order chi connectivity index (χ0) is 15.2. The van der Waals surface area contributed by atoms with Crippen LogP contribution in [0.5, 0.6) is 11.5 Å². The fourth-order valence-corrected chi connectivity index (χ4v) is 2.03. The lowest BCUT2D eigenvalue weighted by Gasteiger charge is -2.18. The predicted molar refractivity (Wildman–Crippen MR) is 79.6 cm³/mol. The van der Waals surface area contributed by atoms with Crippen molar-refractivity contribution < 1.29 is 14.3 Å². The number of hydrogen-bond donors (Lipinski definition) is 0. The van der Waals surface area contributed by atoms with Crippen LogP contribution < -0.4 is 9.47 Å². The zero-order valence-corrected chi connectivity index (χ0v) is 12.4. The van der Waals surface area contributed by atoms with Crippen LogP contribution >= 0.6 is 0 Å². The molecule has 0 aliphatic heterocycles. The molecule has 0 aliphatic carbocycles. The molecule has 1 aromatic carbocycles. The van der Waals surface area contributed by atoms with Crippen LogP contribution in [0, 0.1) is 0 Å². The van der Waals surface area contributed by atoms with Crippen molar-refractivity contribution in [1.82, 2.24) is 9.88 Å². The highest BCUT2D eigenvalue weighted by Gasteiger charge is 2.13. The molecule has 0 spiro atoms. The first kappa shape index (κ1) is 14.8. The Bertz CT molecular complexity index is 614. The fraction of sp³-hybridized carbons (Fsp3) is 0.250. The molecule has 0 atom stereocenters. The molecule has 5 nitrogen and oxygen atoms in total.